The highest BCUT2D eigenvalue weighted by molar-refractivity contribution is 9.13. The molecule has 0 aliphatic carbocycles. The average molecular weight is 383 g/mol. The fourth-order valence-electron chi connectivity index (χ4n) is 1.74. The highest BCUT2D eigenvalue weighted by Gasteiger charge is 2.21. The van der Waals surface area contributed by atoms with E-state index < -0.39 is 0 Å². The van der Waals surface area contributed by atoms with Crippen molar-refractivity contribution in [2.75, 3.05) is 6.54 Å². The first kappa shape index (κ1) is 15.7. The van der Waals surface area contributed by atoms with Crippen LogP contribution in [0.4, 0.5) is 0 Å². The number of thiophene rings is 1. The Morgan fingerprint density at radius 3 is 2.41 bits per heavy atom. The Morgan fingerprint density at radius 2 is 2.00 bits per heavy atom. The van der Waals surface area contributed by atoms with E-state index in [4.69, 9.17) is 0 Å². The van der Waals surface area contributed by atoms with Gasteiger partial charge in [0.25, 0.3) is 0 Å². The molecule has 0 aliphatic rings. The number of halogens is 2. The van der Waals surface area contributed by atoms with E-state index in [1.54, 1.807) is 0 Å². The third-order valence-corrected chi connectivity index (χ3v) is 5.83. The molecule has 0 spiro atoms. The summed E-state index contributed by atoms with van der Waals surface area (Å²) in [4.78, 5) is 1.41. The molecule has 17 heavy (non-hydrogen) atoms. The lowest BCUT2D eigenvalue weighted by atomic mass is 9.87. The van der Waals surface area contributed by atoms with E-state index in [-0.39, 0.29) is 0 Å². The molecular weight excluding hydrogens is 362 g/mol. The van der Waals surface area contributed by atoms with E-state index >= 15 is 0 Å². The third kappa shape index (κ3) is 5.41. The second kappa shape index (κ2) is 6.69. The Morgan fingerprint density at radius 1 is 1.35 bits per heavy atom. The molecule has 1 N–H and O–H groups in total. The average Bonchev–Trinajstić information content (AvgIpc) is 2.52. The smallest absolute Gasteiger partial charge is 0.0843 e. The molecule has 1 nitrogen and oxygen atoms in total. The van der Waals surface area contributed by atoms with Crippen LogP contribution in [-0.4, -0.2) is 6.54 Å². The summed E-state index contributed by atoms with van der Waals surface area (Å²) in [5, 5.41) is 3.65. The van der Waals surface area contributed by atoms with Crippen LogP contribution in [0, 0.1) is 5.41 Å². The first-order valence-electron chi connectivity index (χ1n) is 6.01. The van der Waals surface area contributed by atoms with Crippen LogP contribution in [0.15, 0.2) is 14.3 Å². The first-order valence-corrected chi connectivity index (χ1v) is 8.42. The second-order valence-corrected chi connectivity index (χ2v) is 8.80. The summed E-state index contributed by atoms with van der Waals surface area (Å²) in [7, 11) is 0. The normalized spacial score (nSPS) is 14.0. The Balaban J connectivity index is 2.81. The number of rotatable bonds is 5. The van der Waals surface area contributed by atoms with Crippen molar-refractivity contribution >= 4 is 43.2 Å². The summed E-state index contributed by atoms with van der Waals surface area (Å²) in [5.74, 6) is 0. The molecule has 0 saturated heterocycles. The van der Waals surface area contributed by atoms with Gasteiger partial charge in [-0.1, -0.05) is 27.7 Å². The van der Waals surface area contributed by atoms with Crippen molar-refractivity contribution in [3.8, 4) is 0 Å². The van der Waals surface area contributed by atoms with Crippen molar-refractivity contribution in [3.63, 3.8) is 0 Å². The van der Waals surface area contributed by atoms with Crippen LogP contribution in [0.5, 0.6) is 0 Å². The zero-order chi connectivity index (χ0) is 13.1. The minimum Gasteiger partial charge on any atom is -0.309 e. The van der Waals surface area contributed by atoms with Gasteiger partial charge in [-0.05, 0) is 62.7 Å². The maximum Gasteiger partial charge on any atom is 0.0843 e. The lowest BCUT2D eigenvalue weighted by Crippen LogP contribution is -2.25. The highest BCUT2D eigenvalue weighted by Crippen LogP contribution is 2.39. The maximum atomic E-state index is 3.65. The summed E-state index contributed by atoms with van der Waals surface area (Å²) < 4.78 is 2.35. The lowest BCUT2D eigenvalue weighted by Gasteiger charge is -2.26. The molecule has 1 heterocycles. The molecule has 0 radical (unpaired) electrons. The van der Waals surface area contributed by atoms with E-state index in [1.807, 2.05) is 11.3 Å². The largest absolute Gasteiger partial charge is 0.309 e. The van der Waals surface area contributed by atoms with Gasteiger partial charge in [0.05, 0.1) is 3.79 Å². The van der Waals surface area contributed by atoms with Crippen molar-refractivity contribution in [3.05, 3.63) is 19.2 Å². The van der Waals surface area contributed by atoms with E-state index in [0.717, 1.165) is 17.4 Å². The highest BCUT2D eigenvalue weighted by atomic mass is 79.9. The van der Waals surface area contributed by atoms with Crippen LogP contribution < -0.4 is 5.32 Å². The molecule has 1 aromatic heterocycles. The standard InChI is InChI=1S/C13H21Br2NS/c1-5-6-16-10(8-13(2,3)4)11-7-9(14)12(15)17-11/h7,10,16H,5-6,8H2,1-4H3. The van der Waals surface area contributed by atoms with Gasteiger partial charge in [0.1, 0.15) is 0 Å². The minimum absolute atomic E-state index is 0.342. The zero-order valence-electron chi connectivity index (χ0n) is 10.9. The van der Waals surface area contributed by atoms with Gasteiger partial charge in [0, 0.05) is 15.4 Å². The van der Waals surface area contributed by atoms with E-state index in [2.05, 4.69) is 70.9 Å². The van der Waals surface area contributed by atoms with Gasteiger partial charge in [-0.3, -0.25) is 0 Å². The van der Waals surface area contributed by atoms with Gasteiger partial charge in [0.15, 0.2) is 0 Å². The molecule has 0 bridgehead atoms. The number of hydrogen-bond donors (Lipinski definition) is 1. The SMILES string of the molecule is CCCNC(CC(C)(C)C)c1cc(Br)c(Br)s1. The van der Waals surface area contributed by atoms with Crippen molar-refractivity contribution in [1.29, 1.82) is 0 Å². The molecule has 1 atom stereocenters. The summed E-state index contributed by atoms with van der Waals surface area (Å²) in [6, 6.07) is 2.69. The van der Waals surface area contributed by atoms with Gasteiger partial charge in [-0.25, -0.2) is 0 Å². The van der Waals surface area contributed by atoms with Crippen LogP contribution in [0.1, 0.15) is 51.5 Å². The van der Waals surface area contributed by atoms with Gasteiger partial charge in [-0.15, -0.1) is 11.3 Å². The maximum absolute atomic E-state index is 3.65. The monoisotopic (exact) mass is 381 g/mol. The Kier molecular flexibility index (Phi) is 6.17. The van der Waals surface area contributed by atoms with Crippen LogP contribution in [0.3, 0.4) is 0 Å². The minimum atomic E-state index is 0.342. The van der Waals surface area contributed by atoms with E-state index in [0.29, 0.717) is 11.5 Å². The fraction of sp³-hybridized carbons (Fsp3) is 0.692. The van der Waals surface area contributed by atoms with Crippen LogP contribution in [0.25, 0.3) is 0 Å². The van der Waals surface area contributed by atoms with Crippen molar-refractivity contribution in [1.82, 2.24) is 5.32 Å². The molecule has 1 aromatic rings. The quantitative estimate of drug-likeness (QED) is 0.683. The van der Waals surface area contributed by atoms with Crippen LogP contribution >= 0.6 is 43.2 Å². The Labute approximate surface area is 126 Å². The molecular formula is C13H21Br2NS. The molecule has 0 aliphatic heterocycles. The Bertz CT molecular complexity index is 335. The van der Waals surface area contributed by atoms with Gasteiger partial charge in [0.2, 0.25) is 0 Å². The summed E-state index contributed by atoms with van der Waals surface area (Å²) in [6.45, 7) is 10.2. The van der Waals surface area contributed by atoms with E-state index in [9.17, 15) is 0 Å². The predicted molar refractivity (Wildman–Crippen MR) is 84.8 cm³/mol. The summed E-state index contributed by atoms with van der Waals surface area (Å²) in [5.41, 5.74) is 0.342. The lowest BCUT2D eigenvalue weighted by molar-refractivity contribution is 0.314. The molecule has 0 fully saturated rings. The van der Waals surface area contributed by atoms with E-state index in [1.165, 1.54) is 15.1 Å². The van der Waals surface area contributed by atoms with Gasteiger partial charge < -0.3 is 5.32 Å². The van der Waals surface area contributed by atoms with Crippen LogP contribution in [-0.2, 0) is 0 Å². The second-order valence-electron chi connectivity index (χ2n) is 5.54. The predicted octanol–water partition coefficient (Wildman–Crippen LogP) is 5.75. The van der Waals surface area contributed by atoms with Crippen molar-refractivity contribution in [2.24, 2.45) is 5.41 Å². The molecule has 4 heteroatoms. The van der Waals surface area contributed by atoms with Crippen LogP contribution in [0.2, 0.25) is 0 Å². The van der Waals surface area contributed by atoms with Gasteiger partial charge >= 0.3 is 0 Å². The molecule has 0 aromatic carbocycles. The first-order chi connectivity index (χ1) is 7.83. The fourth-order valence-corrected chi connectivity index (χ4v) is 3.90. The topological polar surface area (TPSA) is 12.0 Å². The van der Waals surface area contributed by atoms with Crippen molar-refractivity contribution < 1.29 is 0 Å². The molecule has 1 rings (SSSR count). The molecule has 98 valence electrons. The summed E-state index contributed by atoms with van der Waals surface area (Å²) in [6.07, 6.45) is 2.33. The molecule has 0 amide bonds. The summed E-state index contributed by atoms with van der Waals surface area (Å²) >= 11 is 8.96. The third-order valence-electron chi connectivity index (χ3n) is 2.46. The molecule has 1 unspecified atom stereocenters. The zero-order valence-corrected chi connectivity index (χ0v) is 14.9. The van der Waals surface area contributed by atoms with Crippen molar-refractivity contribution in [2.45, 2.75) is 46.6 Å². The number of nitrogens with one attached hydrogen (secondary N) is 1. The van der Waals surface area contributed by atoms with Gasteiger partial charge in [-0.2, -0.15) is 0 Å². The molecule has 0 saturated carbocycles. The Hall–Kier alpha value is 0.620. The number of hydrogen-bond acceptors (Lipinski definition) is 2.